The minimum absolute atomic E-state index is 0.463. The molecule has 0 spiro atoms. The van der Waals surface area contributed by atoms with Gasteiger partial charge in [0.25, 0.3) is 0 Å². The fraction of sp³-hybridized carbons (Fsp3) is 1.00. The summed E-state index contributed by atoms with van der Waals surface area (Å²) >= 11 is 0. The van der Waals surface area contributed by atoms with Crippen LogP contribution < -0.4 is 0 Å². The van der Waals surface area contributed by atoms with Gasteiger partial charge >= 0.3 is 0 Å². The van der Waals surface area contributed by atoms with E-state index >= 15 is 0 Å². The van der Waals surface area contributed by atoms with Gasteiger partial charge in [0.15, 0.2) is 0 Å². The Morgan fingerprint density at radius 2 is 1.55 bits per heavy atom. The molecule has 130 valence electrons. The van der Waals surface area contributed by atoms with E-state index in [0.717, 1.165) is 64.7 Å². The maximum Gasteiger partial charge on any atom is 0.0786 e. The monoisotopic (exact) mass is 312 g/mol. The lowest BCUT2D eigenvalue weighted by molar-refractivity contribution is 0.0292. The van der Waals surface area contributed by atoms with Crippen LogP contribution in [0.1, 0.15) is 66.2 Å². The van der Waals surface area contributed by atoms with E-state index in [2.05, 4.69) is 37.5 Å². The minimum Gasteiger partial charge on any atom is -0.389 e. The maximum absolute atomic E-state index is 10.7. The lowest BCUT2D eigenvalue weighted by atomic mass is 9.94. The zero-order chi connectivity index (χ0) is 16.4. The Bertz CT molecular complexity index is 363. The molecule has 0 aromatic heterocycles. The van der Waals surface area contributed by atoms with E-state index in [0.29, 0.717) is 12.1 Å². The molecule has 2 aliphatic rings. The summed E-state index contributed by atoms with van der Waals surface area (Å²) in [4.78, 5) is 4.80. The molecule has 0 saturated carbocycles. The average Bonchev–Trinajstić information content (AvgIpc) is 3.04. The number of rotatable bonds is 7. The molecule has 0 aromatic rings. The van der Waals surface area contributed by atoms with Gasteiger partial charge in [-0.15, -0.1) is 0 Å². The molecule has 2 N–H and O–H groups in total. The molecule has 2 rings (SSSR count). The van der Waals surface area contributed by atoms with Crippen molar-refractivity contribution in [1.82, 2.24) is 9.80 Å². The van der Waals surface area contributed by atoms with Crippen LogP contribution in [-0.2, 0) is 0 Å². The van der Waals surface area contributed by atoms with Gasteiger partial charge in [0.05, 0.1) is 11.2 Å². The normalized spacial score (nSPS) is 35.6. The number of hydrogen-bond acceptors (Lipinski definition) is 4. The SMILES string of the molecule is CC[C@@]1(O)CCN(C(C)CCCC2(O)CCN(C(C)C)C2)C1. The zero-order valence-corrected chi connectivity index (χ0v) is 15.0. The molecule has 0 amide bonds. The van der Waals surface area contributed by atoms with Crippen LogP contribution in [0.2, 0.25) is 0 Å². The number of hydrogen-bond donors (Lipinski definition) is 2. The van der Waals surface area contributed by atoms with Crippen LogP contribution in [0.15, 0.2) is 0 Å². The molecule has 0 bridgehead atoms. The predicted octanol–water partition coefficient (Wildman–Crippen LogP) is 2.24. The zero-order valence-electron chi connectivity index (χ0n) is 15.0. The van der Waals surface area contributed by atoms with E-state index in [4.69, 9.17) is 0 Å². The van der Waals surface area contributed by atoms with E-state index < -0.39 is 11.2 Å². The van der Waals surface area contributed by atoms with Crippen LogP contribution in [0.3, 0.4) is 0 Å². The third kappa shape index (κ3) is 4.44. The second-order valence-corrected chi connectivity index (χ2v) is 8.08. The Hall–Kier alpha value is -0.160. The number of likely N-dealkylation sites (tertiary alicyclic amines) is 2. The van der Waals surface area contributed by atoms with Gasteiger partial charge < -0.3 is 10.2 Å². The van der Waals surface area contributed by atoms with Crippen LogP contribution in [0.4, 0.5) is 0 Å². The molecule has 2 fully saturated rings. The van der Waals surface area contributed by atoms with E-state index in [1.807, 2.05) is 0 Å². The fourth-order valence-electron chi connectivity index (χ4n) is 3.99. The van der Waals surface area contributed by atoms with Crippen LogP contribution in [0.25, 0.3) is 0 Å². The molecular formula is C18H36N2O2. The Morgan fingerprint density at radius 3 is 2.09 bits per heavy atom. The van der Waals surface area contributed by atoms with Crippen molar-refractivity contribution in [1.29, 1.82) is 0 Å². The third-order valence-corrected chi connectivity index (χ3v) is 6.00. The van der Waals surface area contributed by atoms with Gasteiger partial charge in [-0.3, -0.25) is 9.80 Å². The van der Waals surface area contributed by atoms with Gasteiger partial charge in [-0.05, 0) is 59.3 Å². The first kappa shape index (κ1) is 18.2. The van der Waals surface area contributed by atoms with E-state index in [1.54, 1.807) is 0 Å². The Labute approximate surface area is 136 Å². The lowest BCUT2D eigenvalue weighted by Gasteiger charge is -2.29. The highest BCUT2D eigenvalue weighted by atomic mass is 16.3. The van der Waals surface area contributed by atoms with Gasteiger partial charge in [0.1, 0.15) is 0 Å². The van der Waals surface area contributed by atoms with E-state index in [9.17, 15) is 10.2 Å². The number of nitrogens with zero attached hydrogens (tertiary/aromatic N) is 2. The van der Waals surface area contributed by atoms with Gasteiger partial charge in [0, 0.05) is 38.3 Å². The molecule has 22 heavy (non-hydrogen) atoms. The molecule has 4 heteroatoms. The van der Waals surface area contributed by atoms with Gasteiger partial charge in [0.2, 0.25) is 0 Å². The van der Waals surface area contributed by atoms with Crippen LogP contribution in [-0.4, -0.2) is 69.5 Å². The van der Waals surface area contributed by atoms with E-state index in [1.165, 1.54) is 0 Å². The second kappa shape index (κ2) is 7.16. The second-order valence-electron chi connectivity index (χ2n) is 8.08. The van der Waals surface area contributed by atoms with Gasteiger partial charge in [-0.1, -0.05) is 6.92 Å². The largest absolute Gasteiger partial charge is 0.389 e. The highest BCUT2D eigenvalue weighted by Gasteiger charge is 2.38. The standard InChI is InChI=1S/C18H36N2O2/c1-5-17(21)9-12-20(13-17)16(4)7-6-8-18(22)10-11-19(14-18)15(2)3/h15-16,21-22H,5-14H2,1-4H3/t16?,17-,18?/m1/s1. The molecule has 2 aliphatic heterocycles. The summed E-state index contributed by atoms with van der Waals surface area (Å²) in [6.07, 6.45) is 5.77. The van der Waals surface area contributed by atoms with Crippen molar-refractivity contribution in [2.45, 2.75) is 89.5 Å². The Kier molecular flexibility index (Phi) is 5.92. The lowest BCUT2D eigenvalue weighted by Crippen LogP contribution is -2.38. The van der Waals surface area contributed by atoms with Crippen LogP contribution in [0, 0.1) is 0 Å². The number of β-amino-alcohol motifs (C(OH)–C–C–N with tert-alkyl or cyclic N) is 2. The van der Waals surface area contributed by atoms with Crippen molar-refractivity contribution in [3.05, 3.63) is 0 Å². The highest BCUT2D eigenvalue weighted by molar-refractivity contribution is 4.93. The minimum atomic E-state index is -0.473. The summed E-state index contributed by atoms with van der Waals surface area (Å²) in [7, 11) is 0. The van der Waals surface area contributed by atoms with Gasteiger partial charge in [-0.25, -0.2) is 0 Å². The van der Waals surface area contributed by atoms with Crippen molar-refractivity contribution in [2.75, 3.05) is 26.2 Å². The molecule has 0 radical (unpaired) electrons. The van der Waals surface area contributed by atoms with Crippen molar-refractivity contribution in [2.24, 2.45) is 0 Å². The summed E-state index contributed by atoms with van der Waals surface area (Å²) < 4.78 is 0. The van der Waals surface area contributed by atoms with Gasteiger partial charge in [-0.2, -0.15) is 0 Å². The molecule has 3 atom stereocenters. The molecule has 4 nitrogen and oxygen atoms in total. The van der Waals surface area contributed by atoms with Crippen LogP contribution in [0.5, 0.6) is 0 Å². The summed E-state index contributed by atoms with van der Waals surface area (Å²) in [5, 5.41) is 21.1. The Morgan fingerprint density at radius 1 is 0.955 bits per heavy atom. The first-order valence-corrected chi connectivity index (χ1v) is 9.20. The summed E-state index contributed by atoms with van der Waals surface area (Å²) in [6, 6.07) is 1.04. The third-order valence-electron chi connectivity index (χ3n) is 6.00. The molecule has 0 aromatic carbocycles. The summed E-state index contributed by atoms with van der Waals surface area (Å²) in [5.41, 5.74) is -0.936. The topological polar surface area (TPSA) is 46.9 Å². The van der Waals surface area contributed by atoms with Crippen molar-refractivity contribution < 1.29 is 10.2 Å². The first-order valence-electron chi connectivity index (χ1n) is 9.20. The molecule has 2 saturated heterocycles. The molecule has 0 aliphatic carbocycles. The Balaban J connectivity index is 1.70. The number of aliphatic hydroxyl groups is 2. The first-order chi connectivity index (χ1) is 10.3. The summed E-state index contributed by atoms with van der Waals surface area (Å²) in [5.74, 6) is 0. The predicted molar refractivity (Wildman–Crippen MR) is 91.0 cm³/mol. The molecule has 2 heterocycles. The average molecular weight is 312 g/mol. The molecular weight excluding hydrogens is 276 g/mol. The highest BCUT2D eigenvalue weighted by Crippen LogP contribution is 2.30. The van der Waals surface area contributed by atoms with E-state index in [-0.39, 0.29) is 0 Å². The van der Waals surface area contributed by atoms with Crippen LogP contribution >= 0.6 is 0 Å². The van der Waals surface area contributed by atoms with Crippen molar-refractivity contribution >= 4 is 0 Å². The van der Waals surface area contributed by atoms with Crippen molar-refractivity contribution in [3.8, 4) is 0 Å². The smallest absolute Gasteiger partial charge is 0.0786 e. The van der Waals surface area contributed by atoms with Crippen molar-refractivity contribution in [3.63, 3.8) is 0 Å². The summed E-state index contributed by atoms with van der Waals surface area (Å²) in [6.45, 7) is 12.4. The molecule has 2 unspecified atom stereocenters. The fourth-order valence-corrected chi connectivity index (χ4v) is 3.99. The maximum atomic E-state index is 10.7. The quantitative estimate of drug-likeness (QED) is 0.757.